The average molecular weight is 326 g/mol. The lowest BCUT2D eigenvalue weighted by molar-refractivity contribution is -0.163. The fourth-order valence-corrected chi connectivity index (χ4v) is 2.55. The minimum atomic E-state index is -0.761. The highest BCUT2D eigenvalue weighted by molar-refractivity contribution is 5.99. The predicted octanol–water partition coefficient (Wildman–Crippen LogP) is 0.720. The molecule has 0 saturated carbocycles. The van der Waals surface area contributed by atoms with Crippen molar-refractivity contribution >= 4 is 17.8 Å². The highest BCUT2D eigenvalue weighted by atomic mass is 16.6. The summed E-state index contributed by atoms with van der Waals surface area (Å²) in [6, 6.07) is -1.23. The van der Waals surface area contributed by atoms with Crippen LogP contribution >= 0.6 is 0 Å². The van der Waals surface area contributed by atoms with E-state index in [0.29, 0.717) is 12.8 Å². The Labute approximate surface area is 136 Å². The quantitative estimate of drug-likeness (QED) is 0.586. The first-order valence-electron chi connectivity index (χ1n) is 7.71. The summed E-state index contributed by atoms with van der Waals surface area (Å²) in [6.07, 6.45) is 2.40. The molecule has 0 aliphatic carbocycles. The largest absolute Gasteiger partial charge is 0.458 e. The third-order valence-electron chi connectivity index (χ3n) is 3.46. The zero-order chi connectivity index (χ0) is 17.8. The normalized spacial score (nSPS) is 22.0. The molecule has 1 saturated heterocycles. The summed E-state index contributed by atoms with van der Waals surface area (Å²) in [7, 11) is 0. The molecule has 1 rings (SSSR count). The van der Waals surface area contributed by atoms with Crippen molar-refractivity contribution in [2.24, 2.45) is 0 Å². The number of amides is 2. The molecule has 0 aromatic rings. The zero-order valence-electron chi connectivity index (χ0n) is 14.4. The molecule has 23 heavy (non-hydrogen) atoms. The molecule has 2 atom stereocenters. The molecular formula is C16H26N2O5. The number of carbonyl (C=O) groups excluding carboxylic acids is 3. The van der Waals surface area contributed by atoms with Gasteiger partial charge in [0.25, 0.3) is 5.91 Å². The molecule has 1 fully saturated rings. The van der Waals surface area contributed by atoms with E-state index in [-0.39, 0.29) is 18.2 Å². The molecule has 0 radical (unpaired) electrons. The Bertz CT molecular complexity index is 507. The average Bonchev–Trinajstić information content (AvgIpc) is 2.85. The van der Waals surface area contributed by atoms with Gasteiger partial charge >= 0.3 is 5.97 Å². The van der Waals surface area contributed by atoms with Gasteiger partial charge in [-0.2, -0.15) is 0 Å². The van der Waals surface area contributed by atoms with Crippen LogP contribution < -0.4 is 5.32 Å². The molecule has 2 N–H and O–H groups in total. The first kappa shape index (κ1) is 19.2. The lowest BCUT2D eigenvalue weighted by atomic mass is 10.1. The van der Waals surface area contributed by atoms with Crippen molar-refractivity contribution in [3.8, 4) is 0 Å². The van der Waals surface area contributed by atoms with Crippen molar-refractivity contribution in [1.29, 1.82) is 0 Å². The van der Waals surface area contributed by atoms with Crippen molar-refractivity contribution in [2.45, 2.75) is 65.1 Å². The van der Waals surface area contributed by atoms with E-state index in [4.69, 9.17) is 4.74 Å². The number of esters is 1. The number of ether oxygens (including phenoxy) is 1. The second kappa shape index (κ2) is 7.59. The number of aliphatic hydroxyl groups excluding tert-OH is 1. The summed E-state index contributed by atoms with van der Waals surface area (Å²) < 4.78 is 5.37. The number of carbonyl (C=O) groups is 3. The summed E-state index contributed by atoms with van der Waals surface area (Å²) in [5.41, 5.74) is -0.573. The summed E-state index contributed by atoms with van der Waals surface area (Å²) in [4.78, 5) is 37.6. The lowest BCUT2D eigenvalue weighted by Crippen LogP contribution is -2.50. The summed E-state index contributed by atoms with van der Waals surface area (Å²) >= 11 is 0. The Kier molecular flexibility index (Phi) is 6.32. The van der Waals surface area contributed by atoms with E-state index in [9.17, 15) is 19.5 Å². The van der Waals surface area contributed by atoms with E-state index in [1.165, 1.54) is 17.9 Å². The van der Waals surface area contributed by atoms with Gasteiger partial charge in [-0.15, -0.1) is 0 Å². The van der Waals surface area contributed by atoms with E-state index in [1.54, 1.807) is 27.7 Å². The van der Waals surface area contributed by atoms with Gasteiger partial charge in [0.2, 0.25) is 5.91 Å². The SMILES string of the molecule is CC=C(NC(C)=O)C(=O)N1[C@@H](CO)CC[C@H]1C(=O)OC(C)(C)C. The van der Waals surface area contributed by atoms with Gasteiger partial charge in [0.1, 0.15) is 17.3 Å². The third-order valence-corrected chi connectivity index (χ3v) is 3.46. The maximum atomic E-state index is 12.7. The number of nitrogens with one attached hydrogen (secondary N) is 1. The van der Waals surface area contributed by atoms with Crippen LogP contribution in [0.2, 0.25) is 0 Å². The molecule has 1 aliphatic rings. The highest BCUT2D eigenvalue weighted by Gasteiger charge is 2.43. The predicted molar refractivity (Wildman–Crippen MR) is 84.2 cm³/mol. The van der Waals surface area contributed by atoms with Crippen LogP contribution in [0.1, 0.15) is 47.5 Å². The van der Waals surface area contributed by atoms with Gasteiger partial charge in [-0.3, -0.25) is 9.59 Å². The number of hydrogen-bond acceptors (Lipinski definition) is 5. The molecule has 0 aromatic heterocycles. The maximum absolute atomic E-state index is 12.7. The second-order valence-electron chi connectivity index (χ2n) is 6.56. The van der Waals surface area contributed by atoms with Crippen LogP contribution in [0.3, 0.4) is 0 Å². The second-order valence-corrected chi connectivity index (χ2v) is 6.56. The number of allylic oxidation sites excluding steroid dienone is 1. The summed E-state index contributed by atoms with van der Waals surface area (Å²) in [6.45, 7) is 7.94. The Balaban J connectivity index is 3.02. The minimum absolute atomic E-state index is 0.0893. The highest BCUT2D eigenvalue weighted by Crippen LogP contribution is 2.27. The third kappa shape index (κ3) is 5.06. The van der Waals surface area contributed by atoms with Gasteiger partial charge in [0.15, 0.2) is 0 Å². The zero-order valence-corrected chi connectivity index (χ0v) is 14.4. The number of hydrogen-bond donors (Lipinski definition) is 2. The Morgan fingerprint density at radius 1 is 1.30 bits per heavy atom. The fraction of sp³-hybridized carbons (Fsp3) is 0.688. The Hall–Kier alpha value is -1.89. The smallest absolute Gasteiger partial charge is 0.329 e. The standard InChI is InChI=1S/C16H26N2O5/c1-6-12(17-10(2)20)14(21)18-11(9-19)7-8-13(18)15(22)23-16(3,4)5/h6,11,13,19H,7-9H2,1-5H3,(H,17,20)/t11-,13+/m1/s1. The van der Waals surface area contributed by atoms with Crippen molar-refractivity contribution in [2.75, 3.05) is 6.61 Å². The number of likely N-dealkylation sites (tertiary alicyclic amines) is 1. The number of aliphatic hydroxyl groups is 1. The molecule has 130 valence electrons. The van der Waals surface area contributed by atoms with Gasteiger partial charge in [-0.25, -0.2) is 4.79 Å². The van der Waals surface area contributed by atoms with E-state index in [2.05, 4.69) is 5.32 Å². The molecular weight excluding hydrogens is 300 g/mol. The van der Waals surface area contributed by atoms with Crippen molar-refractivity contribution in [3.63, 3.8) is 0 Å². The molecule has 7 nitrogen and oxygen atoms in total. The van der Waals surface area contributed by atoms with Crippen LogP contribution in [0, 0.1) is 0 Å². The van der Waals surface area contributed by atoms with Crippen molar-refractivity contribution in [3.05, 3.63) is 11.8 Å². The first-order chi connectivity index (χ1) is 10.6. The minimum Gasteiger partial charge on any atom is -0.458 e. The van der Waals surface area contributed by atoms with Gasteiger partial charge in [0.05, 0.1) is 12.6 Å². The molecule has 7 heteroatoms. The van der Waals surface area contributed by atoms with Gasteiger partial charge in [0, 0.05) is 6.92 Å². The Morgan fingerprint density at radius 2 is 1.91 bits per heavy atom. The van der Waals surface area contributed by atoms with E-state index < -0.39 is 29.6 Å². The first-order valence-corrected chi connectivity index (χ1v) is 7.71. The van der Waals surface area contributed by atoms with Gasteiger partial charge < -0.3 is 20.1 Å². The summed E-state index contributed by atoms with van der Waals surface area (Å²) in [5.74, 6) is -1.37. The van der Waals surface area contributed by atoms with Crippen LogP contribution in [0.4, 0.5) is 0 Å². The van der Waals surface area contributed by atoms with Crippen molar-refractivity contribution < 1.29 is 24.2 Å². The Morgan fingerprint density at radius 3 is 2.35 bits per heavy atom. The van der Waals surface area contributed by atoms with Crippen LogP contribution in [0.5, 0.6) is 0 Å². The van der Waals surface area contributed by atoms with Crippen LogP contribution in [-0.2, 0) is 19.1 Å². The maximum Gasteiger partial charge on any atom is 0.329 e. The van der Waals surface area contributed by atoms with Crippen LogP contribution in [0.25, 0.3) is 0 Å². The van der Waals surface area contributed by atoms with E-state index in [1.807, 2.05) is 0 Å². The summed E-state index contributed by atoms with van der Waals surface area (Å²) in [5, 5.41) is 12.0. The molecule has 0 spiro atoms. The fourth-order valence-electron chi connectivity index (χ4n) is 2.55. The van der Waals surface area contributed by atoms with E-state index >= 15 is 0 Å². The molecule has 0 unspecified atom stereocenters. The van der Waals surface area contributed by atoms with Crippen molar-refractivity contribution in [1.82, 2.24) is 10.2 Å². The van der Waals surface area contributed by atoms with Crippen LogP contribution in [-0.4, -0.2) is 52.1 Å². The number of rotatable bonds is 4. The topological polar surface area (TPSA) is 95.9 Å². The molecule has 0 bridgehead atoms. The molecule has 1 aliphatic heterocycles. The molecule has 2 amide bonds. The van der Waals surface area contributed by atoms with Crippen LogP contribution in [0.15, 0.2) is 11.8 Å². The lowest BCUT2D eigenvalue weighted by Gasteiger charge is -2.31. The number of nitrogens with zero attached hydrogens (tertiary/aromatic N) is 1. The monoisotopic (exact) mass is 326 g/mol. The molecule has 1 heterocycles. The van der Waals surface area contributed by atoms with Gasteiger partial charge in [-0.1, -0.05) is 6.08 Å². The molecule has 0 aromatic carbocycles. The van der Waals surface area contributed by atoms with E-state index in [0.717, 1.165) is 0 Å². The van der Waals surface area contributed by atoms with Gasteiger partial charge in [-0.05, 0) is 40.5 Å².